The van der Waals surface area contributed by atoms with Crippen molar-refractivity contribution in [3.63, 3.8) is 0 Å². The van der Waals surface area contributed by atoms with Gasteiger partial charge in [-0.15, -0.1) is 11.8 Å². The zero-order chi connectivity index (χ0) is 29.9. The number of amides is 1. The second kappa shape index (κ2) is 12.2. The molecule has 10 heteroatoms. The van der Waals surface area contributed by atoms with Crippen molar-refractivity contribution >= 4 is 28.6 Å². The number of rotatable bonds is 8. The summed E-state index contributed by atoms with van der Waals surface area (Å²) < 4.78 is 68.1. The summed E-state index contributed by atoms with van der Waals surface area (Å²) >= 11 is 1.12. The molecule has 1 N–H and O–H groups in total. The van der Waals surface area contributed by atoms with E-state index in [0.717, 1.165) is 41.1 Å². The van der Waals surface area contributed by atoms with Crippen LogP contribution in [0.5, 0.6) is 0 Å². The second-order valence-electron chi connectivity index (χ2n) is 9.50. The van der Waals surface area contributed by atoms with Gasteiger partial charge in [0.05, 0.1) is 16.1 Å². The number of halogens is 5. The van der Waals surface area contributed by atoms with Gasteiger partial charge < -0.3 is 9.88 Å². The number of alkyl halides is 3. The van der Waals surface area contributed by atoms with Gasteiger partial charge in [-0.2, -0.15) is 13.2 Å². The lowest BCUT2D eigenvalue weighted by molar-refractivity contribution is -0.137. The Kier molecular flexibility index (Phi) is 8.44. The largest absolute Gasteiger partial charge is 0.416 e. The van der Waals surface area contributed by atoms with Crippen molar-refractivity contribution < 1.29 is 26.7 Å². The molecule has 0 atom stereocenters. The molecule has 1 amide bonds. The Balaban J connectivity index is 1.30. The predicted molar refractivity (Wildman–Crippen MR) is 153 cm³/mol. The second-order valence-corrected chi connectivity index (χ2v) is 10.5. The Labute approximate surface area is 241 Å². The van der Waals surface area contributed by atoms with Gasteiger partial charge in [0.1, 0.15) is 6.54 Å². The summed E-state index contributed by atoms with van der Waals surface area (Å²) in [5.74, 6) is -2.21. The van der Waals surface area contributed by atoms with E-state index in [2.05, 4.69) is 5.32 Å². The fourth-order valence-corrected chi connectivity index (χ4v) is 5.50. The minimum absolute atomic E-state index is 0.0499. The Morgan fingerprint density at radius 3 is 2.19 bits per heavy atom. The molecule has 5 aromatic rings. The number of nitrogens with one attached hydrogen (secondary N) is 1. The number of carbonyl (C=O) groups excluding carboxylic acids is 1. The average molecular weight is 595 g/mol. The molecule has 0 aliphatic heterocycles. The van der Waals surface area contributed by atoms with Gasteiger partial charge >= 0.3 is 6.18 Å². The van der Waals surface area contributed by atoms with Crippen LogP contribution >= 0.6 is 11.8 Å². The summed E-state index contributed by atoms with van der Waals surface area (Å²) in [5.41, 5.74) is 1.84. The number of aromatic nitrogens is 1. The zero-order valence-electron chi connectivity index (χ0n) is 21.9. The summed E-state index contributed by atoms with van der Waals surface area (Å²) in [6.07, 6.45) is -4.40. The van der Waals surface area contributed by atoms with Crippen LogP contribution < -0.4 is 10.7 Å². The van der Waals surface area contributed by atoms with Gasteiger partial charge in [0.2, 0.25) is 5.91 Å². The van der Waals surface area contributed by atoms with E-state index in [9.17, 15) is 31.5 Å². The van der Waals surface area contributed by atoms with Crippen LogP contribution in [-0.4, -0.2) is 10.5 Å². The maximum Gasteiger partial charge on any atom is 0.416 e. The van der Waals surface area contributed by atoms with E-state index in [0.29, 0.717) is 21.5 Å². The number of para-hydroxylation sites is 1. The lowest BCUT2D eigenvalue weighted by Crippen LogP contribution is -2.28. The van der Waals surface area contributed by atoms with Gasteiger partial charge in [-0.25, -0.2) is 8.78 Å². The summed E-state index contributed by atoms with van der Waals surface area (Å²) in [4.78, 5) is 25.8. The zero-order valence-corrected chi connectivity index (χ0v) is 22.7. The third kappa shape index (κ3) is 6.54. The lowest BCUT2D eigenvalue weighted by Gasteiger charge is -2.17. The number of carbonyl (C=O) groups is 1. The first-order valence-electron chi connectivity index (χ1n) is 12.8. The van der Waals surface area contributed by atoms with Crippen molar-refractivity contribution in [2.24, 2.45) is 0 Å². The van der Waals surface area contributed by atoms with Gasteiger partial charge in [0, 0.05) is 29.3 Å². The maximum atomic E-state index is 14.2. The van der Waals surface area contributed by atoms with Crippen LogP contribution in [0.2, 0.25) is 0 Å². The Hall–Kier alpha value is -4.44. The van der Waals surface area contributed by atoms with E-state index in [1.165, 1.54) is 30.3 Å². The number of benzene rings is 4. The fraction of sp³-hybridized carbons (Fsp3) is 0.125. The van der Waals surface area contributed by atoms with E-state index >= 15 is 0 Å². The minimum atomic E-state index is -4.40. The lowest BCUT2D eigenvalue weighted by atomic mass is 10.0. The van der Waals surface area contributed by atoms with Gasteiger partial charge in [-0.05, 0) is 47.0 Å². The van der Waals surface area contributed by atoms with Gasteiger partial charge in [0.15, 0.2) is 17.1 Å². The Bertz CT molecular complexity index is 1800. The van der Waals surface area contributed by atoms with Crippen molar-refractivity contribution in [3.8, 4) is 11.1 Å². The number of nitrogens with zero attached hydrogens (tertiary/aromatic N) is 1. The van der Waals surface area contributed by atoms with E-state index < -0.39 is 23.4 Å². The third-order valence-electron chi connectivity index (χ3n) is 6.68. The molecule has 4 aromatic carbocycles. The number of hydrogen-bond donors (Lipinski definition) is 1. The highest BCUT2D eigenvalue weighted by Gasteiger charge is 2.30. The van der Waals surface area contributed by atoms with E-state index in [1.807, 2.05) is 0 Å². The molecule has 0 bridgehead atoms. The highest BCUT2D eigenvalue weighted by atomic mass is 32.2. The van der Waals surface area contributed by atoms with Gasteiger partial charge in [-0.3, -0.25) is 9.59 Å². The quantitative estimate of drug-likeness (QED) is 0.149. The normalized spacial score (nSPS) is 11.5. The van der Waals surface area contributed by atoms with Crippen LogP contribution in [0.1, 0.15) is 16.7 Å². The molecule has 0 aliphatic carbocycles. The van der Waals surface area contributed by atoms with Gasteiger partial charge in [-0.1, -0.05) is 60.7 Å². The maximum absolute atomic E-state index is 14.2. The SMILES string of the molecule is O=C(Cn1c(SCc2cccc(F)c2F)cc(=O)c2ccccc21)NCc1ccc(-c2ccc(C(F)(F)F)cc2)cc1. The predicted octanol–water partition coefficient (Wildman–Crippen LogP) is 7.57. The van der Waals surface area contributed by atoms with E-state index in [-0.39, 0.29) is 35.7 Å². The van der Waals surface area contributed by atoms with E-state index in [4.69, 9.17) is 0 Å². The Morgan fingerprint density at radius 2 is 1.50 bits per heavy atom. The van der Waals surface area contributed by atoms with Crippen LogP contribution in [0.3, 0.4) is 0 Å². The third-order valence-corrected chi connectivity index (χ3v) is 7.77. The molecule has 0 saturated carbocycles. The van der Waals surface area contributed by atoms with Crippen LogP contribution in [0.25, 0.3) is 22.0 Å². The molecule has 1 aromatic heterocycles. The van der Waals surface area contributed by atoms with Crippen molar-refractivity contribution in [2.75, 3.05) is 0 Å². The summed E-state index contributed by atoms with van der Waals surface area (Å²) in [7, 11) is 0. The molecule has 5 rings (SSSR count). The molecule has 0 unspecified atom stereocenters. The minimum Gasteiger partial charge on any atom is -0.350 e. The summed E-state index contributed by atoms with van der Waals surface area (Å²) in [6.45, 7) is 0.0691. The number of thioether (sulfide) groups is 1. The monoisotopic (exact) mass is 594 g/mol. The summed E-state index contributed by atoms with van der Waals surface area (Å²) in [5, 5.41) is 3.70. The average Bonchev–Trinajstić information content (AvgIpc) is 2.98. The number of hydrogen-bond acceptors (Lipinski definition) is 3. The molecular formula is C32H23F5N2O2S. The van der Waals surface area contributed by atoms with Crippen molar-refractivity contribution in [1.29, 1.82) is 0 Å². The molecule has 4 nitrogen and oxygen atoms in total. The molecule has 214 valence electrons. The first-order valence-corrected chi connectivity index (χ1v) is 13.8. The molecule has 0 spiro atoms. The fourth-order valence-electron chi connectivity index (χ4n) is 4.47. The topological polar surface area (TPSA) is 51.1 Å². The van der Waals surface area contributed by atoms with Gasteiger partial charge in [0.25, 0.3) is 0 Å². The molecule has 0 aliphatic rings. The Morgan fingerprint density at radius 1 is 0.833 bits per heavy atom. The molecule has 0 fully saturated rings. The first-order chi connectivity index (χ1) is 20.1. The number of pyridine rings is 1. The molecule has 0 saturated heterocycles. The standard InChI is InChI=1S/C32H23F5N2O2S/c33-26-6-3-4-23(31(26)34)19-42-30-16-28(40)25-5-1-2-7-27(25)39(30)18-29(41)38-17-20-8-10-21(11-9-20)22-12-14-24(15-13-22)32(35,36)37/h1-16H,17-19H2,(H,38,41). The smallest absolute Gasteiger partial charge is 0.350 e. The highest BCUT2D eigenvalue weighted by Crippen LogP contribution is 2.31. The number of fused-ring (bicyclic) bond motifs is 1. The molecule has 0 radical (unpaired) electrons. The van der Waals surface area contributed by atoms with Crippen LogP contribution in [0.15, 0.2) is 107 Å². The van der Waals surface area contributed by atoms with E-state index in [1.54, 1.807) is 53.1 Å². The highest BCUT2D eigenvalue weighted by molar-refractivity contribution is 7.98. The van der Waals surface area contributed by atoms with Crippen molar-refractivity contribution in [1.82, 2.24) is 9.88 Å². The van der Waals surface area contributed by atoms with Crippen LogP contribution in [0.4, 0.5) is 22.0 Å². The molecular weight excluding hydrogens is 571 g/mol. The van der Waals surface area contributed by atoms with Crippen LogP contribution in [-0.2, 0) is 29.8 Å². The van der Waals surface area contributed by atoms with Crippen molar-refractivity contribution in [3.05, 3.63) is 136 Å². The molecule has 42 heavy (non-hydrogen) atoms. The van der Waals surface area contributed by atoms with Crippen LogP contribution in [0, 0.1) is 11.6 Å². The van der Waals surface area contributed by atoms with Crippen molar-refractivity contribution in [2.45, 2.75) is 30.0 Å². The first kappa shape index (κ1) is 29.1. The molecule has 1 heterocycles. The summed E-state index contributed by atoms with van der Waals surface area (Å²) in [6, 6.07) is 24.1.